The zero-order valence-electron chi connectivity index (χ0n) is 33.4. The average molecular weight is 715 g/mol. The molecule has 0 unspecified atom stereocenters. The summed E-state index contributed by atoms with van der Waals surface area (Å²) in [4.78, 5) is 40.0. The highest BCUT2D eigenvalue weighted by molar-refractivity contribution is 5.90. The molecule has 0 aromatic heterocycles. The molecule has 7 heteroatoms. The molecule has 4 fully saturated rings. The van der Waals surface area contributed by atoms with Crippen LogP contribution >= 0.6 is 0 Å². The van der Waals surface area contributed by atoms with Gasteiger partial charge < -0.3 is 15.2 Å². The number of hydrogen-bond donors (Lipinski definition) is 2. The van der Waals surface area contributed by atoms with Crippen LogP contribution in [-0.2, 0) is 14.3 Å². The number of carboxylic acid groups (broad SMARTS) is 1. The van der Waals surface area contributed by atoms with Crippen LogP contribution in [0.2, 0.25) is 0 Å². The van der Waals surface area contributed by atoms with Crippen molar-refractivity contribution in [1.29, 1.82) is 0 Å². The Labute approximate surface area is 313 Å². The Hall–Kier alpha value is -2.93. The third kappa shape index (κ3) is 6.00. The number of aliphatic carboxylic acids is 1. The normalized spacial score (nSPS) is 37.5. The van der Waals surface area contributed by atoms with Gasteiger partial charge in [-0.15, -0.1) is 0 Å². The first-order valence-electron chi connectivity index (χ1n) is 20.3. The SMILES string of the molecule is C=C(C)[C@@H]1CC[C@]2(C(=O)NCCN(CCC)CC(=O)O)CC[C@]3(C)[C@H](CC[C@@H]4[C@@]5(C)CC=C(c6ccc(C(=O)OC)cc6)C(C)(C)[C@@H]5CC[C@]43C)[C@@H]12. The smallest absolute Gasteiger partial charge is 0.337 e. The van der Waals surface area contributed by atoms with Gasteiger partial charge in [-0.25, -0.2) is 4.79 Å². The fourth-order valence-corrected chi connectivity index (χ4v) is 13.8. The Kier molecular flexibility index (Phi) is 10.5. The van der Waals surface area contributed by atoms with Crippen LogP contribution in [0.25, 0.3) is 5.57 Å². The van der Waals surface area contributed by atoms with Crippen LogP contribution in [0, 0.1) is 56.7 Å². The topological polar surface area (TPSA) is 95.9 Å². The highest BCUT2D eigenvalue weighted by Gasteiger charge is 2.71. The van der Waals surface area contributed by atoms with E-state index < -0.39 is 5.97 Å². The second-order valence-electron chi connectivity index (χ2n) is 18.9. The standard InChI is InChI=1S/C45H66N2O5/c1-10-26-47(28-37(48)49)27-25-46-40(51)45-22-17-32(29(2)3)38(45)34-15-16-36-42(6)20-18-33(30-11-13-31(14-12-30)39(50)52-9)41(4,5)35(42)19-21-44(36,8)43(34,7)23-24-45/h11-14,18,32,34-36,38H,2,10,15-17,19-28H2,1,3-9H3,(H,46,51)(H,48,49)/t32-,34+,35-,36+,38+,42-,43+,44+,45-/m0/s1. The van der Waals surface area contributed by atoms with Crippen molar-refractivity contribution in [3.8, 4) is 0 Å². The third-order valence-corrected chi connectivity index (χ3v) is 16.3. The number of nitrogens with one attached hydrogen (secondary N) is 1. The van der Waals surface area contributed by atoms with Gasteiger partial charge >= 0.3 is 11.9 Å². The van der Waals surface area contributed by atoms with E-state index in [9.17, 15) is 19.5 Å². The number of carbonyl (C=O) groups excluding carboxylic acids is 2. The maximum absolute atomic E-state index is 14.5. The quantitative estimate of drug-likeness (QED) is 0.176. The Balaban J connectivity index is 1.27. The molecule has 6 rings (SSSR count). The lowest BCUT2D eigenvalue weighted by Crippen LogP contribution is -2.66. The average Bonchev–Trinajstić information content (AvgIpc) is 3.49. The number of esters is 1. The van der Waals surface area contributed by atoms with Gasteiger partial charge in [0.05, 0.1) is 24.6 Å². The van der Waals surface area contributed by atoms with Crippen molar-refractivity contribution < 1.29 is 24.2 Å². The first-order chi connectivity index (χ1) is 24.5. The van der Waals surface area contributed by atoms with Crippen LogP contribution in [0.15, 0.2) is 42.5 Å². The summed E-state index contributed by atoms with van der Waals surface area (Å²) in [5, 5.41) is 12.8. The van der Waals surface area contributed by atoms with Crippen LogP contribution in [0.5, 0.6) is 0 Å². The number of carboxylic acids is 1. The summed E-state index contributed by atoms with van der Waals surface area (Å²) in [7, 11) is 1.43. The van der Waals surface area contributed by atoms with Gasteiger partial charge in [-0.05, 0) is 152 Å². The molecule has 9 atom stereocenters. The fraction of sp³-hybridized carbons (Fsp3) is 0.711. The zero-order chi connectivity index (χ0) is 37.9. The highest BCUT2D eigenvalue weighted by Crippen LogP contribution is 2.77. The number of amides is 1. The molecule has 0 saturated heterocycles. The predicted molar refractivity (Wildman–Crippen MR) is 207 cm³/mol. The zero-order valence-corrected chi connectivity index (χ0v) is 33.4. The van der Waals surface area contributed by atoms with Crippen molar-refractivity contribution in [2.45, 2.75) is 113 Å². The Morgan fingerprint density at radius 2 is 1.63 bits per heavy atom. The number of nitrogens with zero attached hydrogens (tertiary/aromatic N) is 1. The molecule has 5 aliphatic carbocycles. The van der Waals surface area contributed by atoms with E-state index in [-0.39, 0.29) is 45.5 Å². The molecule has 286 valence electrons. The molecule has 7 nitrogen and oxygen atoms in total. The van der Waals surface area contributed by atoms with Crippen molar-refractivity contribution in [3.05, 3.63) is 53.6 Å². The van der Waals surface area contributed by atoms with Crippen LogP contribution in [0.3, 0.4) is 0 Å². The van der Waals surface area contributed by atoms with E-state index in [2.05, 4.69) is 78.6 Å². The number of hydrogen-bond acceptors (Lipinski definition) is 5. The van der Waals surface area contributed by atoms with E-state index in [1.165, 1.54) is 43.1 Å². The van der Waals surface area contributed by atoms with Gasteiger partial charge in [0.2, 0.25) is 5.91 Å². The summed E-state index contributed by atoms with van der Waals surface area (Å²) in [5.74, 6) is 1.35. The van der Waals surface area contributed by atoms with E-state index >= 15 is 0 Å². The maximum Gasteiger partial charge on any atom is 0.337 e. The summed E-state index contributed by atoms with van der Waals surface area (Å²) < 4.78 is 4.96. The molecule has 0 heterocycles. The number of carbonyl (C=O) groups is 3. The summed E-state index contributed by atoms with van der Waals surface area (Å²) >= 11 is 0. The molecule has 0 aliphatic heterocycles. The minimum atomic E-state index is -0.822. The number of rotatable bonds is 11. The predicted octanol–water partition coefficient (Wildman–Crippen LogP) is 9.04. The van der Waals surface area contributed by atoms with Gasteiger partial charge in [0.15, 0.2) is 0 Å². The number of benzene rings is 1. The van der Waals surface area contributed by atoms with Crippen molar-refractivity contribution in [2.24, 2.45) is 56.7 Å². The number of fused-ring (bicyclic) bond motifs is 7. The lowest BCUT2D eigenvalue weighted by molar-refractivity contribution is -0.225. The Morgan fingerprint density at radius 1 is 0.923 bits per heavy atom. The minimum absolute atomic E-state index is 0.00753. The van der Waals surface area contributed by atoms with Gasteiger partial charge in [-0.3, -0.25) is 14.5 Å². The Bertz CT molecular complexity index is 1600. The molecule has 2 N–H and O–H groups in total. The maximum atomic E-state index is 14.5. The van der Waals surface area contributed by atoms with Crippen LogP contribution < -0.4 is 5.32 Å². The highest BCUT2D eigenvalue weighted by atomic mass is 16.5. The van der Waals surface area contributed by atoms with Crippen LogP contribution in [-0.4, -0.2) is 61.1 Å². The summed E-state index contributed by atoms with van der Waals surface area (Å²) in [6, 6.07) is 8.00. The monoisotopic (exact) mass is 714 g/mol. The van der Waals surface area contributed by atoms with E-state index in [1.807, 2.05) is 17.0 Å². The summed E-state index contributed by atoms with van der Waals surface area (Å²) in [6.07, 6.45) is 13.2. The lowest BCUT2D eigenvalue weighted by atomic mass is 9.32. The van der Waals surface area contributed by atoms with E-state index in [0.717, 1.165) is 44.9 Å². The van der Waals surface area contributed by atoms with Crippen molar-refractivity contribution in [1.82, 2.24) is 10.2 Å². The van der Waals surface area contributed by atoms with Crippen molar-refractivity contribution in [3.63, 3.8) is 0 Å². The summed E-state index contributed by atoms with van der Waals surface area (Å²) in [6.45, 7) is 23.3. The molecule has 52 heavy (non-hydrogen) atoms. The molecule has 1 aromatic carbocycles. The van der Waals surface area contributed by atoms with Gasteiger partial charge in [0.25, 0.3) is 0 Å². The second kappa shape index (κ2) is 14.0. The number of ether oxygens (including phenoxy) is 1. The van der Waals surface area contributed by atoms with Gasteiger partial charge in [0, 0.05) is 13.1 Å². The molecule has 4 saturated carbocycles. The lowest BCUT2D eigenvalue weighted by Gasteiger charge is -2.72. The van der Waals surface area contributed by atoms with Gasteiger partial charge in [-0.2, -0.15) is 0 Å². The molecular formula is C45H66N2O5. The number of methoxy groups -OCH3 is 1. The summed E-state index contributed by atoms with van der Waals surface area (Å²) in [5.41, 5.74) is 4.52. The molecule has 1 aromatic rings. The third-order valence-electron chi connectivity index (χ3n) is 16.3. The largest absolute Gasteiger partial charge is 0.480 e. The minimum Gasteiger partial charge on any atom is -0.480 e. The van der Waals surface area contributed by atoms with E-state index in [1.54, 1.807) is 0 Å². The molecule has 1 amide bonds. The van der Waals surface area contributed by atoms with Gasteiger partial charge in [0.1, 0.15) is 0 Å². The molecule has 0 bridgehead atoms. The van der Waals surface area contributed by atoms with Crippen molar-refractivity contribution >= 4 is 23.4 Å². The molecule has 5 aliphatic rings. The van der Waals surface area contributed by atoms with Gasteiger partial charge in [-0.1, -0.05) is 71.9 Å². The second-order valence-corrected chi connectivity index (χ2v) is 18.9. The molecule has 0 radical (unpaired) electrons. The van der Waals surface area contributed by atoms with Crippen molar-refractivity contribution in [2.75, 3.05) is 33.3 Å². The first-order valence-corrected chi connectivity index (χ1v) is 20.3. The van der Waals surface area contributed by atoms with E-state index in [4.69, 9.17) is 4.74 Å². The van der Waals surface area contributed by atoms with E-state index in [0.29, 0.717) is 54.8 Å². The number of allylic oxidation sites excluding steroid dienone is 3. The molecule has 0 spiro atoms. The first kappa shape index (κ1) is 38.8. The van der Waals surface area contributed by atoms with Crippen LogP contribution in [0.1, 0.15) is 129 Å². The van der Waals surface area contributed by atoms with Crippen LogP contribution in [0.4, 0.5) is 0 Å². The molecular weight excluding hydrogens is 649 g/mol. The Morgan fingerprint density at radius 3 is 2.27 bits per heavy atom. The fourth-order valence-electron chi connectivity index (χ4n) is 13.8.